The third-order valence-corrected chi connectivity index (χ3v) is 2.69. The summed E-state index contributed by atoms with van der Waals surface area (Å²) >= 11 is 5.83. The zero-order valence-corrected chi connectivity index (χ0v) is 10.0. The molecule has 3 heterocycles. The van der Waals surface area contributed by atoms with Crippen molar-refractivity contribution in [3.8, 4) is 0 Å². The molecule has 0 saturated carbocycles. The van der Waals surface area contributed by atoms with E-state index in [9.17, 15) is 0 Å². The van der Waals surface area contributed by atoms with E-state index < -0.39 is 0 Å². The number of hydrogen-bond donors (Lipinski definition) is 1. The van der Waals surface area contributed by atoms with Crippen LogP contribution >= 0.6 is 11.6 Å². The topological polar surface area (TPSA) is 82.0 Å². The van der Waals surface area contributed by atoms with Crippen LogP contribution in [0.25, 0.3) is 5.78 Å². The summed E-state index contributed by atoms with van der Waals surface area (Å²) in [6.45, 7) is 0. The number of nitrogens with zero attached hydrogens (tertiary/aromatic N) is 5. The van der Waals surface area contributed by atoms with Crippen molar-refractivity contribution in [2.75, 3.05) is 5.73 Å². The highest BCUT2D eigenvalue weighted by atomic mass is 35.5. The van der Waals surface area contributed by atoms with E-state index in [0.29, 0.717) is 23.2 Å². The Kier molecular flexibility index (Phi) is 2.56. The normalized spacial score (nSPS) is 10.9. The van der Waals surface area contributed by atoms with Crippen LogP contribution in [-0.2, 0) is 6.42 Å². The summed E-state index contributed by atoms with van der Waals surface area (Å²) in [6.07, 6.45) is 5.63. The molecule has 6 nitrogen and oxygen atoms in total. The lowest BCUT2D eigenvalue weighted by molar-refractivity contribution is 0.999. The Labute approximate surface area is 107 Å². The van der Waals surface area contributed by atoms with Gasteiger partial charge in [-0.25, -0.2) is 19.9 Å². The second-order valence-electron chi connectivity index (χ2n) is 3.78. The predicted molar refractivity (Wildman–Crippen MR) is 67.2 cm³/mol. The van der Waals surface area contributed by atoms with Gasteiger partial charge in [-0.1, -0.05) is 11.6 Å². The molecule has 7 heteroatoms. The van der Waals surface area contributed by atoms with Crippen LogP contribution in [0.2, 0.25) is 5.15 Å². The number of hydrogen-bond acceptors (Lipinski definition) is 5. The molecule has 3 rings (SSSR count). The van der Waals surface area contributed by atoms with Gasteiger partial charge in [0.2, 0.25) is 5.78 Å². The maximum Gasteiger partial charge on any atom is 0.237 e. The number of aromatic nitrogens is 5. The van der Waals surface area contributed by atoms with Gasteiger partial charge in [0.05, 0.1) is 5.69 Å². The number of anilines is 1. The number of nitrogen functional groups attached to an aromatic ring is 1. The molecule has 0 saturated heterocycles. The first-order valence-electron chi connectivity index (χ1n) is 5.27. The van der Waals surface area contributed by atoms with Gasteiger partial charge in [-0.15, -0.1) is 0 Å². The van der Waals surface area contributed by atoms with E-state index >= 15 is 0 Å². The van der Waals surface area contributed by atoms with Crippen molar-refractivity contribution in [2.24, 2.45) is 0 Å². The number of fused-ring (bicyclic) bond motifs is 1. The summed E-state index contributed by atoms with van der Waals surface area (Å²) in [7, 11) is 0. The molecule has 3 aromatic heterocycles. The van der Waals surface area contributed by atoms with Gasteiger partial charge < -0.3 is 5.73 Å². The van der Waals surface area contributed by atoms with E-state index in [4.69, 9.17) is 17.3 Å². The Balaban J connectivity index is 2.01. The van der Waals surface area contributed by atoms with Gasteiger partial charge in [0.15, 0.2) is 0 Å². The molecule has 0 unspecified atom stereocenters. The average molecular weight is 261 g/mol. The van der Waals surface area contributed by atoms with Gasteiger partial charge in [0.1, 0.15) is 17.3 Å². The van der Waals surface area contributed by atoms with E-state index in [2.05, 4.69) is 19.9 Å². The highest BCUT2D eigenvalue weighted by Crippen LogP contribution is 2.15. The molecular formula is C11H9ClN6. The number of nitrogens with two attached hydrogens (primary N) is 1. The largest absolute Gasteiger partial charge is 0.385 e. The van der Waals surface area contributed by atoms with E-state index in [0.717, 1.165) is 11.4 Å². The SMILES string of the molecule is Nc1cc(Cl)nc2nc(Cc3ccncn3)cn12. The smallest absolute Gasteiger partial charge is 0.237 e. The third-order valence-electron chi connectivity index (χ3n) is 2.49. The molecule has 90 valence electrons. The molecule has 0 amide bonds. The Bertz CT molecular complexity index is 693. The summed E-state index contributed by atoms with van der Waals surface area (Å²) < 4.78 is 1.70. The molecule has 0 fully saturated rings. The van der Waals surface area contributed by atoms with Crippen molar-refractivity contribution in [3.63, 3.8) is 0 Å². The molecule has 0 spiro atoms. The zero-order chi connectivity index (χ0) is 12.5. The molecule has 18 heavy (non-hydrogen) atoms. The lowest BCUT2D eigenvalue weighted by atomic mass is 10.2. The van der Waals surface area contributed by atoms with Gasteiger partial charge in [0, 0.05) is 30.6 Å². The number of halogens is 1. The molecule has 0 aliphatic heterocycles. The van der Waals surface area contributed by atoms with Gasteiger partial charge >= 0.3 is 0 Å². The summed E-state index contributed by atoms with van der Waals surface area (Å²) in [5, 5.41) is 0.333. The van der Waals surface area contributed by atoms with Crippen LogP contribution in [0, 0.1) is 0 Å². The number of imidazole rings is 1. The summed E-state index contributed by atoms with van der Waals surface area (Å²) in [6, 6.07) is 3.43. The minimum Gasteiger partial charge on any atom is -0.385 e. The van der Waals surface area contributed by atoms with Crippen molar-refractivity contribution >= 4 is 23.2 Å². The molecule has 0 bridgehead atoms. The minimum absolute atomic E-state index is 0.333. The Morgan fingerprint density at radius 1 is 1.28 bits per heavy atom. The monoisotopic (exact) mass is 260 g/mol. The molecule has 0 radical (unpaired) electrons. The Hall–Kier alpha value is -2.21. The van der Waals surface area contributed by atoms with Gasteiger partial charge in [-0.05, 0) is 6.07 Å². The van der Waals surface area contributed by atoms with Crippen LogP contribution in [0.5, 0.6) is 0 Å². The maximum absolute atomic E-state index is 5.84. The predicted octanol–water partition coefficient (Wildman–Crippen LogP) is 1.35. The summed E-state index contributed by atoms with van der Waals surface area (Å²) in [5.41, 5.74) is 7.55. The van der Waals surface area contributed by atoms with E-state index in [1.807, 2.05) is 12.3 Å². The van der Waals surface area contributed by atoms with Crippen molar-refractivity contribution in [2.45, 2.75) is 6.42 Å². The Morgan fingerprint density at radius 2 is 2.17 bits per heavy atom. The van der Waals surface area contributed by atoms with Crippen molar-refractivity contribution < 1.29 is 0 Å². The van der Waals surface area contributed by atoms with E-state index in [1.54, 1.807) is 16.7 Å². The van der Waals surface area contributed by atoms with Gasteiger partial charge in [-0.3, -0.25) is 4.40 Å². The highest BCUT2D eigenvalue weighted by Gasteiger charge is 2.07. The highest BCUT2D eigenvalue weighted by molar-refractivity contribution is 6.29. The first-order chi connectivity index (χ1) is 8.72. The Morgan fingerprint density at radius 3 is 2.94 bits per heavy atom. The molecular weight excluding hydrogens is 252 g/mol. The van der Waals surface area contributed by atoms with Gasteiger partial charge in [0.25, 0.3) is 0 Å². The third kappa shape index (κ3) is 1.98. The van der Waals surface area contributed by atoms with Crippen molar-refractivity contribution in [1.82, 2.24) is 24.3 Å². The zero-order valence-electron chi connectivity index (χ0n) is 9.29. The molecule has 0 atom stereocenters. The quantitative estimate of drug-likeness (QED) is 0.703. The lowest BCUT2D eigenvalue weighted by Gasteiger charge is -1.97. The fourth-order valence-corrected chi connectivity index (χ4v) is 1.89. The molecule has 0 aliphatic rings. The molecule has 0 aromatic carbocycles. The van der Waals surface area contributed by atoms with Crippen LogP contribution in [0.15, 0.2) is 30.9 Å². The second kappa shape index (κ2) is 4.23. The summed E-state index contributed by atoms with van der Waals surface area (Å²) in [4.78, 5) is 16.5. The minimum atomic E-state index is 0.333. The van der Waals surface area contributed by atoms with Gasteiger partial charge in [-0.2, -0.15) is 0 Å². The first kappa shape index (κ1) is 10.9. The van der Waals surface area contributed by atoms with Crippen LogP contribution in [0.3, 0.4) is 0 Å². The van der Waals surface area contributed by atoms with E-state index in [1.165, 1.54) is 6.33 Å². The van der Waals surface area contributed by atoms with Crippen molar-refractivity contribution in [1.29, 1.82) is 0 Å². The average Bonchev–Trinajstić information content (AvgIpc) is 2.73. The maximum atomic E-state index is 5.84. The fourth-order valence-electron chi connectivity index (χ4n) is 1.70. The van der Waals surface area contributed by atoms with E-state index in [-0.39, 0.29) is 0 Å². The molecule has 3 aromatic rings. The first-order valence-corrected chi connectivity index (χ1v) is 5.65. The summed E-state index contributed by atoms with van der Waals surface area (Å²) in [5.74, 6) is 0.996. The van der Waals surface area contributed by atoms with Crippen LogP contribution in [0.4, 0.5) is 5.82 Å². The van der Waals surface area contributed by atoms with Crippen LogP contribution in [-0.4, -0.2) is 24.3 Å². The standard InChI is InChI=1S/C11H9ClN6/c12-9-4-10(13)18-5-8(16-11(18)17-9)3-7-1-2-14-6-15-7/h1-2,4-6H,3,13H2. The lowest BCUT2D eigenvalue weighted by Crippen LogP contribution is -1.97. The fraction of sp³-hybridized carbons (Fsp3) is 0.0909. The number of rotatable bonds is 2. The molecule has 0 aliphatic carbocycles. The second-order valence-corrected chi connectivity index (χ2v) is 4.17. The van der Waals surface area contributed by atoms with Crippen LogP contribution in [0.1, 0.15) is 11.4 Å². The van der Waals surface area contributed by atoms with Crippen molar-refractivity contribution in [3.05, 3.63) is 47.4 Å². The molecule has 2 N–H and O–H groups in total. The van der Waals surface area contributed by atoms with Crippen LogP contribution < -0.4 is 5.73 Å².